The monoisotopic (exact) mass is 240 g/mol. The number of ether oxygens (including phenoxy) is 1. The molecular weight excluding hydrogens is 216 g/mol. The van der Waals surface area contributed by atoms with Gasteiger partial charge in [0.05, 0.1) is 12.0 Å². The lowest BCUT2D eigenvalue weighted by Gasteiger charge is -2.19. The number of carboxylic acid groups (broad SMARTS) is 1. The molecule has 98 valence electrons. The van der Waals surface area contributed by atoms with Crippen molar-refractivity contribution in [3.63, 3.8) is 0 Å². The van der Waals surface area contributed by atoms with Gasteiger partial charge in [0.15, 0.2) is 0 Å². The molecule has 0 spiro atoms. The second kappa shape index (κ2) is 6.39. The van der Waals surface area contributed by atoms with Crippen molar-refractivity contribution in [3.05, 3.63) is 0 Å². The first-order valence-electron chi connectivity index (χ1n) is 7.12. The molecule has 0 aromatic carbocycles. The van der Waals surface area contributed by atoms with Gasteiger partial charge >= 0.3 is 5.97 Å². The Kier molecular flexibility index (Phi) is 4.84. The van der Waals surface area contributed by atoms with Gasteiger partial charge in [0.2, 0.25) is 0 Å². The van der Waals surface area contributed by atoms with Crippen LogP contribution in [0.25, 0.3) is 0 Å². The van der Waals surface area contributed by atoms with E-state index in [0.717, 1.165) is 38.7 Å². The molecule has 3 heteroatoms. The first-order chi connectivity index (χ1) is 8.27. The predicted octanol–water partition coefficient (Wildman–Crippen LogP) is 3.23. The first-order valence-corrected chi connectivity index (χ1v) is 7.12. The SMILES string of the molecule is O=C(O)C(CCCC1CCCO1)C1CCCC1. The van der Waals surface area contributed by atoms with Gasteiger partial charge in [0, 0.05) is 6.61 Å². The summed E-state index contributed by atoms with van der Waals surface area (Å²) in [5.74, 6) is -0.236. The Morgan fingerprint density at radius 2 is 2.00 bits per heavy atom. The molecule has 1 aliphatic heterocycles. The molecule has 1 saturated heterocycles. The fourth-order valence-corrected chi connectivity index (χ4v) is 3.36. The molecule has 0 aromatic rings. The van der Waals surface area contributed by atoms with E-state index in [1.807, 2.05) is 0 Å². The van der Waals surface area contributed by atoms with Crippen LogP contribution >= 0.6 is 0 Å². The van der Waals surface area contributed by atoms with Crippen molar-refractivity contribution in [2.24, 2.45) is 11.8 Å². The lowest BCUT2D eigenvalue weighted by atomic mass is 9.86. The van der Waals surface area contributed by atoms with E-state index in [-0.39, 0.29) is 5.92 Å². The molecule has 2 fully saturated rings. The standard InChI is InChI=1S/C14H24O3/c15-14(16)13(11-5-1-2-6-11)9-3-7-12-8-4-10-17-12/h11-13H,1-10H2,(H,15,16). The third-order valence-corrected chi connectivity index (χ3v) is 4.35. The molecule has 0 bridgehead atoms. The minimum absolute atomic E-state index is 0.0982. The summed E-state index contributed by atoms with van der Waals surface area (Å²) in [6.07, 6.45) is 10.4. The van der Waals surface area contributed by atoms with Gasteiger partial charge in [-0.1, -0.05) is 19.3 Å². The maximum Gasteiger partial charge on any atom is 0.306 e. The number of aliphatic carboxylic acids is 1. The zero-order valence-electron chi connectivity index (χ0n) is 10.6. The molecule has 1 aliphatic carbocycles. The van der Waals surface area contributed by atoms with Crippen LogP contribution in [0.3, 0.4) is 0 Å². The summed E-state index contributed by atoms with van der Waals surface area (Å²) >= 11 is 0. The van der Waals surface area contributed by atoms with Gasteiger partial charge in [0.25, 0.3) is 0 Å². The van der Waals surface area contributed by atoms with Crippen LogP contribution in [0.15, 0.2) is 0 Å². The van der Waals surface area contributed by atoms with E-state index in [0.29, 0.717) is 12.0 Å². The quantitative estimate of drug-likeness (QED) is 0.775. The average molecular weight is 240 g/mol. The number of carboxylic acids is 1. The van der Waals surface area contributed by atoms with Gasteiger partial charge in [-0.15, -0.1) is 0 Å². The van der Waals surface area contributed by atoms with Gasteiger partial charge < -0.3 is 9.84 Å². The highest BCUT2D eigenvalue weighted by atomic mass is 16.5. The minimum Gasteiger partial charge on any atom is -0.481 e. The molecule has 2 aliphatic rings. The number of carbonyl (C=O) groups is 1. The molecule has 1 heterocycles. The molecule has 2 rings (SSSR count). The highest BCUT2D eigenvalue weighted by Crippen LogP contribution is 2.34. The zero-order chi connectivity index (χ0) is 12.1. The number of rotatable bonds is 6. The molecule has 1 N–H and O–H groups in total. The summed E-state index contributed by atoms with van der Waals surface area (Å²) in [4.78, 5) is 11.3. The molecular formula is C14H24O3. The Bertz CT molecular complexity index is 240. The van der Waals surface area contributed by atoms with Crippen LogP contribution in [-0.2, 0) is 9.53 Å². The van der Waals surface area contributed by atoms with Gasteiger partial charge in [-0.2, -0.15) is 0 Å². The minimum atomic E-state index is -0.579. The third-order valence-electron chi connectivity index (χ3n) is 4.35. The Morgan fingerprint density at radius 1 is 1.24 bits per heavy atom. The highest BCUT2D eigenvalue weighted by molar-refractivity contribution is 5.70. The summed E-state index contributed by atoms with van der Waals surface area (Å²) in [6.45, 7) is 0.898. The van der Waals surface area contributed by atoms with Crippen molar-refractivity contribution in [1.29, 1.82) is 0 Å². The Labute approximate surface area is 104 Å². The normalized spacial score (nSPS) is 27.4. The smallest absolute Gasteiger partial charge is 0.306 e. The van der Waals surface area contributed by atoms with Gasteiger partial charge in [-0.3, -0.25) is 4.79 Å². The number of hydrogen-bond acceptors (Lipinski definition) is 2. The molecule has 1 saturated carbocycles. The molecule has 3 nitrogen and oxygen atoms in total. The molecule has 0 radical (unpaired) electrons. The van der Waals surface area contributed by atoms with E-state index in [2.05, 4.69) is 0 Å². The van der Waals surface area contributed by atoms with Crippen LogP contribution < -0.4 is 0 Å². The summed E-state index contributed by atoms with van der Waals surface area (Å²) in [5.41, 5.74) is 0. The van der Waals surface area contributed by atoms with Crippen molar-refractivity contribution < 1.29 is 14.6 Å². The Hall–Kier alpha value is -0.570. The maximum absolute atomic E-state index is 11.3. The maximum atomic E-state index is 11.3. The Balaban J connectivity index is 1.71. The zero-order valence-corrected chi connectivity index (χ0v) is 10.6. The molecule has 0 aromatic heterocycles. The van der Waals surface area contributed by atoms with Crippen molar-refractivity contribution in [2.45, 2.75) is 63.9 Å². The van der Waals surface area contributed by atoms with E-state index in [4.69, 9.17) is 4.74 Å². The predicted molar refractivity (Wildman–Crippen MR) is 65.9 cm³/mol. The lowest BCUT2D eigenvalue weighted by molar-refractivity contribution is -0.144. The first kappa shape index (κ1) is 12.9. The molecule has 2 atom stereocenters. The second-order valence-electron chi connectivity index (χ2n) is 5.56. The second-order valence-corrected chi connectivity index (χ2v) is 5.56. The third kappa shape index (κ3) is 3.70. The highest BCUT2D eigenvalue weighted by Gasteiger charge is 2.30. The van der Waals surface area contributed by atoms with Crippen molar-refractivity contribution in [2.75, 3.05) is 6.61 Å². The van der Waals surface area contributed by atoms with Crippen LogP contribution in [0.1, 0.15) is 57.8 Å². The lowest BCUT2D eigenvalue weighted by Crippen LogP contribution is -2.22. The van der Waals surface area contributed by atoms with E-state index in [1.165, 1.54) is 25.7 Å². The molecule has 2 unspecified atom stereocenters. The van der Waals surface area contributed by atoms with E-state index in [1.54, 1.807) is 0 Å². The van der Waals surface area contributed by atoms with Crippen molar-refractivity contribution >= 4 is 5.97 Å². The summed E-state index contributed by atoms with van der Waals surface area (Å²) < 4.78 is 5.57. The fraction of sp³-hybridized carbons (Fsp3) is 0.929. The van der Waals surface area contributed by atoms with Crippen LogP contribution in [0, 0.1) is 11.8 Å². The average Bonchev–Trinajstić information content (AvgIpc) is 2.96. The summed E-state index contributed by atoms with van der Waals surface area (Å²) in [7, 11) is 0. The topological polar surface area (TPSA) is 46.5 Å². The summed E-state index contributed by atoms with van der Waals surface area (Å²) in [5, 5.41) is 9.29. The van der Waals surface area contributed by atoms with Crippen LogP contribution in [0.5, 0.6) is 0 Å². The van der Waals surface area contributed by atoms with E-state index in [9.17, 15) is 9.90 Å². The summed E-state index contributed by atoms with van der Waals surface area (Å²) in [6, 6.07) is 0. The van der Waals surface area contributed by atoms with Crippen molar-refractivity contribution in [1.82, 2.24) is 0 Å². The molecule has 17 heavy (non-hydrogen) atoms. The van der Waals surface area contributed by atoms with Crippen molar-refractivity contribution in [3.8, 4) is 0 Å². The van der Waals surface area contributed by atoms with Crippen LogP contribution in [0.4, 0.5) is 0 Å². The van der Waals surface area contributed by atoms with E-state index < -0.39 is 5.97 Å². The number of hydrogen-bond donors (Lipinski definition) is 1. The fourth-order valence-electron chi connectivity index (χ4n) is 3.36. The largest absolute Gasteiger partial charge is 0.481 e. The van der Waals surface area contributed by atoms with Crippen LogP contribution in [0.2, 0.25) is 0 Å². The van der Waals surface area contributed by atoms with Crippen LogP contribution in [-0.4, -0.2) is 23.8 Å². The van der Waals surface area contributed by atoms with E-state index >= 15 is 0 Å². The van der Waals surface area contributed by atoms with Gasteiger partial charge in [-0.25, -0.2) is 0 Å². The Morgan fingerprint density at radius 3 is 2.59 bits per heavy atom. The van der Waals surface area contributed by atoms with Gasteiger partial charge in [0.1, 0.15) is 0 Å². The van der Waals surface area contributed by atoms with Gasteiger partial charge in [-0.05, 0) is 44.4 Å². The molecule has 0 amide bonds.